The molecule has 2 heterocycles. The molecule has 0 aliphatic carbocycles. The minimum atomic E-state index is -0.589. The van der Waals surface area contributed by atoms with E-state index in [0.717, 1.165) is 37.8 Å². The third-order valence-electron chi connectivity index (χ3n) is 5.66. The van der Waals surface area contributed by atoms with Crippen molar-refractivity contribution in [2.75, 3.05) is 13.1 Å². The van der Waals surface area contributed by atoms with Crippen LogP contribution in [0.25, 0.3) is 0 Å². The lowest BCUT2D eigenvalue weighted by Crippen LogP contribution is -2.52. The molecule has 2 aliphatic rings. The van der Waals surface area contributed by atoms with Crippen LogP contribution in [0.4, 0.5) is 4.39 Å². The molecule has 1 aromatic carbocycles. The highest BCUT2D eigenvalue weighted by atomic mass is 19.1. The van der Waals surface area contributed by atoms with Crippen LogP contribution in [0.15, 0.2) is 18.2 Å². The normalized spacial score (nSPS) is 24.0. The van der Waals surface area contributed by atoms with Crippen LogP contribution < -0.4 is 10.6 Å². The average Bonchev–Trinajstić information content (AvgIpc) is 2.86. The number of nitrogens with one attached hydrogen (secondary N) is 2. The molecule has 2 saturated heterocycles. The van der Waals surface area contributed by atoms with E-state index in [1.54, 1.807) is 0 Å². The minimum absolute atomic E-state index is 0.0561. The Morgan fingerprint density at radius 1 is 1.21 bits per heavy atom. The summed E-state index contributed by atoms with van der Waals surface area (Å²) in [7, 11) is 0. The van der Waals surface area contributed by atoms with Crippen molar-refractivity contribution in [3.63, 3.8) is 0 Å². The molecule has 1 aromatic rings. The quantitative estimate of drug-likeness (QED) is 0.796. The third-order valence-corrected chi connectivity index (χ3v) is 5.66. The van der Waals surface area contributed by atoms with Crippen molar-refractivity contribution in [2.24, 2.45) is 5.92 Å². The summed E-state index contributed by atoms with van der Waals surface area (Å²) >= 11 is 0. The van der Waals surface area contributed by atoms with E-state index in [0.29, 0.717) is 31.1 Å². The maximum absolute atomic E-state index is 13.6. The number of hydrogen-bond acceptors (Lipinski definition) is 4. The summed E-state index contributed by atoms with van der Waals surface area (Å²) in [6, 6.07) is 6.25. The van der Waals surface area contributed by atoms with Crippen molar-refractivity contribution in [3.05, 3.63) is 35.1 Å². The number of benzene rings is 1. The first-order valence-electron chi connectivity index (χ1n) is 10.2. The van der Waals surface area contributed by atoms with Gasteiger partial charge in [-0.25, -0.2) is 4.39 Å². The molecule has 3 rings (SSSR count). The summed E-state index contributed by atoms with van der Waals surface area (Å²) in [5.74, 6) is -0.558. The molecule has 0 unspecified atom stereocenters. The summed E-state index contributed by atoms with van der Waals surface area (Å²) in [5, 5.41) is 14.9. The molecule has 2 fully saturated rings. The van der Waals surface area contributed by atoms with Crippen LogP contribution in [0.1, 0.15) is 62.4 Å². The van der Waals surface area contributed by atoms with E-state index in [9.17, 15) is 14.0 Å². The molecule has 0 radical (unpaired) electrons. The maximum Gasteiger partial charge on any atom is 0.251 e. The van der Waals surface area contributed by atoms with Gasteiger partial charge in [0.1, 0.15) is 5.82 Å². The molecule has 2 aliphatic heterocycles. The topological polar surface area (TPSA) is 85.2 Å². The van der Waals surface area contributed by atoms with Crippen molar-refractivity contribution in [1.82, 2.24) is 15.5 Å². The van der Waals surface area contributed by atoms with Gasteiger partial charge < -0.3 is 10.6 Å². The van der Waals surface area contributed by atoms with Gasteiger partial charge in [0.05, 0.1) is 18.2 Å². The zero-order valence-corrected chi connectivity index (χ0v) is 17.3. The number of halogens is 1. The van der Waals surface area contributed by atoms with Crippen LogP contribution in [0.5, 0.6) is 0 Å². The summed E-state index contributed by atoms with van der Waals surface area (Å²) in [6.45, 7) is 6.88. The molecule has 2 bridgehead atoms. The first kappa shape index (κ1) is 21.3. The van der Waals surface area contributed by atoms with Crippen LogP contribution in [0, 0.1) is 23.1 Å². The summed E-state index contributed by atoms with van der Waals surface area (Å²) in [4.78, 5) is 27.0. The van der Waals surface area contributed by atoms with Gasteiger partial charge in [-0.15, -0.1) is 0 Å². The average molecular weight is 400 g/mol. The number of piperidine rings is 1. The van der Waals surface area contributed by atoms with E-state index in [4.69, 9.17) is 5.26 Å². The Hall–Kier alpha value is -2.46. The zero-order chi connectivity index (χ0) is 21.2. The summed E-state index contributed by atoms with van der Waals surface area (Å²) < 4.78 is 13.6. The van der Waals surface area contributed by atoms with E-state index >= 15 is 0 Å². The van der Waals surface area contributed by atoms with Gasteiger partial charge in [0, 0.05) is 29.7 Å². The molecule has 7 heteroatoms. The van der Waals surface area contributed by atoms with Gasteiger partial charge in [-0.05, 0) is 70.6 Å². The molecule has 3 atom stereocenters. The second-order valence-electron chi connectivity index (χ2n) is 9.24. The lowest BCUT2D eigenvalue weighted by Gasteiger charge is -2.39. The number of nitriles is 1. The fraction of sp³-hybridized carbons (Fsp3) is 0.591. The Bertz CT molecular complexity index is 813. The highest BCUT2D eigenvalue weighted by Crippen LogP contribution is 2.38. The first-order valence-corrected chi connectivity index (χ1v) is 10.2. The van der Waals surface area contributed by atoms with Crippen LogP contribution in [-0.2, 0) is 4.79 Å². The van der Waals surface area contributed by atoms with Crippen LogP contribution in [0.2, 0.25) is 0 Å². The summed E-state index contributed by atoms with van der Waals surface area (Å²) in [5.41, 5.74) is 0.0666. The maximum atomic E-state index is 13.6. The second-order valence-corrected chi connectivity index (χ2v) is 9.24. The number of rotatable bonds is 5. The van der Waals surface area contributed by atoms with Crippen molar-refractivity contribution < 1.29 is 14.0 Å². The Kier molecular flexibility index (Phi) is 6.23. The Morgan fingerprint density at radius 3 is 2.45 bits per heavy atom. The standard InChI is InChI=1S/C22H29FN4O2/c1-22(2,3)26-20(28)13-27-18-4-5-19(27)9-15(8-18)12-25-21(29)16-6-14(11-24)7-17(23)10-16/h6-7,10,15,18-19H,4-5,8-9,12-13H2,1-3H3,(H,25,29)(H,26,28)/t15-,18-,19+. The third kappa shape index (κ3) is 5.54. The Labute approximate surface area is 171 Å². The lowest BCUT2D eigenvalue weighted by atomic mass is 9.90. The van der Waals surface area contributed by atoms with E-state index in [1.165, 1.54) is 6.07 Å². The Balaban J connectivity index is 1.53. The molecule has 2 N–H and O–H groups in total. The number of hydrogen-bond donors (Lipinski definition) is 2. The van der Waals surface area contributed by atoms with Gasteiger partial charge in [0.25, 0.3) is 5.91 Å². The van der Waals surface area contributed by atoms with Gasteiger partial charge in [-0.2, -0.15) is 5.26 Å². The van der Waals surface area contributed by atoms with Gasteiger partial charge >= 0.3 is 0 Å². The minimum Gasteiger partial charge on any atom is -0.352 e. The van der Waals surface area contributed by atoms with Gasteiger partial charge in [0.15, 0.2) is 0 Å². The number of carbonyl (C=O) groups excluding carboxylic acids is 2. The molecule has 29 heavy (non-hydrogen) atoms. The lowest BCUT2D eigenvalue weighted by molar-refractivity contribution is -0.125. The SMILES string of the molecule is CC(C)(C)NC(=O)CN1[C@@H]2CC[C@H]1C[C@H](CNC(=O)c1cc(F)cc(C#N)c1)C2. The van der Waals surface area contributed by atoms with Crippen LogP contribution >= 0.6 is 0 Å². The smallest absolute Gasteiger partial charge is 0.251 e. The van der Waals surface area contributed by atoms with Crippen LogP contribution in [-0.4, -0.2) is 47.4 Å². The van der Waals surface area contributed by atoms with E-state index in [1.807, 2.05) is 26.8 Å². The molecule has 6 nitrogen and oxygen atoms in total. The zero-order valence-electron chi connectivity index (χ0n) is 17.3. The molecular weight excluding hydrogens is 371 g/mol. The highest BCUT2D eigenvalue weighted by molar-refractivity contribution is 5.94. The van der Waals surface area contributed by atoms with Gasteiger partial charge in [0.2, 0.25) is 5.91 Å². The number of fused-ring (bicyclic) bond motifs is 2. The number of amides is 2. The first-order chi connectivity index (χ1) is 13.6. The number of nitrogens with zero attached hydrogens (tertiary/aromatic N) is 2. The number of carbonyl (C=O) groups is 2. The van der Waals surface area contributed by atoms with Crippen molar-refractivity contribution in [2.45, 2.75) is 64.1 Å². The molecular formula is C22H29FN4O2. The fourth-order valence-electron chi connectivity index (χ4n) is 4.56. The largest absolute Gasteiger partial charge is 0.352 e. The molecule has 2 amide bonds. The van der Waals surface area contributed by atoms with Gasteiger partial charge in [-0.3, -0.25) is 14.5 Å². The molecule has 0 aromatic heterocycles. The molecule has 0 spiro atoms. The second kappa shape index (κ2) is 8.50. The van der Waals surface area contributed by atoms with E-state index in [2.05, 4.69) is 15.5 Å². The molecule has 0 saturated carbocycles. The Morgan fingerprint density at radius 2 is 1.86 bits per heavy atom. The molecule has 156 valence electrons. The van der Waals surface area contributed by atoms with E-state index < -0.39 is 5.82 Å². The van der Waals surface area contributed by atoms with Crippen LogP contribution in [0.3, 0.4) is 0 Å². The monoisotopic (exact) mass is 400 g/mol. The van der Waals surface area contributed by atoms with Crippen molar-refractivity contribution >= 4 is 11.8 Å². The van der Waals surface area contributed by atoms with Gasteiger partial charge in [-0.1, -0.05) is 0 Å². The predicted molar refractivity (Wildman–Crippen MR) is 108 cm³/mol. The fourth-order valence-corrected chi connectivity index (χ4v) is 4.56. The highest BCUT2D eigenvalue weighted by Gasteiger charge is 2.41. The van der Waals surface area contributed by atoms with E-state index in [-0.39, 0.29) is 28.5 Å². The van der Waals surface area contributed by atoms with Crippen molar-refractivity contribution in [3.8, 4) is 6.07 Å². The predicted octanol–water partition coefficient (Wildman–Crippen LogP) is 2.58. The van der Waals surface area contributed by atoms with Crippen molar-refractivity contribution in [1.29, 1.82) is 5.26 Å². The summed E-state index contributed by atoms with van der Waals surface area (Å²) in [6.07, 6.45) is 4.03.